The lowest BCUT2D eigenvalue weighted by molar-refractivity contribution is -0.118. The van der Waals surface area contributed by atoms with Gasteiger partial charge < -0.3 is 28.7 Å². The van der Waals surface area contributed by atoms with E-state index < -0.39 is 11.6 Å². The van der Waals surface area contributed by atoms with Gasteiger partial charge in [-0.25, -0.2) is 50.9 Å². The molecule has 0 radical (unpaired) electrons. The molecule has 5 aromatic carbocycles. The Balaban J connectivity index is 0.000000126. The van der Waals surface area contributed by atoms with Crippen molar-refractivity contribution in [3.8, 4) is 56.5 Å². The Labute approximate surface area is 793 Å². The number of rotatable bonds is 25. The molecule has 40 heteroatoms. The lowest BCUT2D eigenvalue weighted by Gasteiger charge is -2.07. The molecule has 20 rings (SSSR count). The second-order valence-corrected chi connectivity index (χ2v) is 32.8. The molecule has 0 saturated carbocycles. The molecular formula is C100H85F5N30O5. The Bertz CT molecular complexity index is 6930. The molecule has 0 amide bonds. The second-order valence-electron chi connectivity index (χ2n) is 32.8. The van der Waals surface area contributed by atoms with Crippen molar-refractivity contribution in [1.29, 1.82) is 0 Å². The first-order chi connectivity index (χ1) is 67.5. The van der Waals surface area contributed by atoms with Crippen molar-refractivity contribution in [2.24, 2.45) is 0 Å². The van der Waals surface area contributed by atoms with Crippen LogP contribution >= 0.6 is 0 Å². The van der Waals surface area contributed by atoms with Crippen molar-refractivity contribution < 1.29 is 45.9 Å². The van der Waals surface area contributed by atoms with E-state index in [1.807, 2.05) is 107 Å². The van der Waals surface area contributed by atoms with Crippen molar-refractivity contribution in [3.05, 3.63) is 357 Å². The summed E-state index contributed by atoms with van der Waals surface area (Å²) >= 11 is 0. The number of nitrogen functional groups attached to an aromatic ring is 5. The number of halogens is 5. The monoisotopic (exact) mass is 1880 g/mol. The van der Waals surface area contributed by atoms with Crippen LogP contribution in [0.5, 0.6) is 0 Å². The predicted octanol–water partition coefficient (Wildman–Crippen LogP) is 12.9. The van der Waals surface area contributed by atoms with Crippen LogP contribution in [0, 0.1) is 63.7 Å². The maximum absolute atomic E-state index is 13.9. The highest BCUT2D eigenvalue weighted by atomic mass is 19.1. The number of aryl methyl sites for hydroxylation is 5. The van der Waals surface area contributed by atoms with Crippen LogP contribution < -0.4 is 28.7 Å². The highest BCUT2D eigenvalue weighted by Gasteiger charge is 2.23. The number of nitrogens with two attached hydrogens (primary N) is 5. The summed E-state index contributed by atoms with van der Waals surface area (Å²) in [6, 6.07) is 54.8. The number of pyridine rings is 7. The predicted molar refractivity (Wildman–Crippen MR) is 510 cm³/mol. The molecule has 10 N–H and O–H groups in total. The lowest BCUT2D eigenvalue weighted by Crippen LogP contribution is -2.11. The van der Waals surface area contributed by atoms with Crippen LogP contribution in [0.25, 0.3) is 84.5 Å². The number of hydrogen-bond donors (Lipinski definition) is 5. The zero-order chi connectivity index (χ0) is 98.4. The second kappa shape index (κ2) is 42.4. The summed E-state index contributed by atoms with van der Waals surface area (Å²) in [6.45, 7) is 9.31. The number of ketones is 5. The first-order valence-corrected chi connectivity index (χ1v) is 43.5. The standard InChI is InChI=1S/2C21H18FN5O.C20H17FN6O.2C19H16FN7O/c1-13-5-8-18(22)15(9-13)10-17(28)11-16-7-6-14(12-24-16)19-3-2-4-20-25-26-21(23)27(19)20;1-13-5-7-17(22)15(9-13)11-16(28)10-14-6-8-18(24-12-14)19-3-2-4-20-25-26-21(23)27(19)20;1-12-5-6-16(21)13(7-12)8-15(28)9-18-23-10-14(11-24-18)17-3-2-4-19-25-26-20(22)27(17)19;1-11-4-5-16(20)12(7-11)8-14(28)9-13-10-22-19(25-23-13)15-3-2-6-27-17(15)18(21)24-26-27;1-11-4-5-15(20)12(7-11)8-13(28)9-17-22-10-16(23-24-17)14-3-2-6-27-18(14)19(21)25-26-27/h2*2-9,12H,10-11H2,1H3,(H2,23,26);2-7,10-11H,8-9H2,1H3,(H2,22,26);2*2-7,10H,8-9,21H2,1H3. The van der Waals surface area contributed by atoms with Gasteiger partial charge in [0.15, 0.2) is 40.2 Å². The number of Topliss-reactive ketones (excluding diaryl/α,β-unsaturated/α-hetero) is 5. The first kappa shape index (κ1) is 94.8. The van der Waals surface area contributed by atoms with Crippen molar-refractivity contribution in [1.82, 2.24) is 124 Å². The third kappa shape index (κ3) is 22.8. The van der Waals surface area contributed by atoms with Crippen molar-refractivity contribution >= 4 is 86.4 Å². The molecule has 0 spiro atoms. The van der Waals surface area contributed by atoms with Crippen molar-refractivity contribution in [2.75, 3.05) is 28.7 Å². The average Bonchev–Trinajstić information content (AvgIpc) is 1.63. The van der Waals surface area contributed by atoms with Crippen LogP contribution in [0.4, 0.5) is 51.4 Å². The van der Waals surface area contributed by atoms with Crippen LogP contribution in [0.3, 0.4) is 0 Å². The van der Waals surface area contributed by atoms with Crippen LogP contribution in [0.15, 0.2) is 244 Å². The first-order valence-electron chi connectivity index (χ1n) is 43.5. The highest BCUT2D eigenvalue weighted by molar-refractivity contribution is 5.88. The summed E-state index contributed by atoms with van der Waals surface area (Å²) in [5.74, 6) is -0.153. The smallest absolute Gasteiger partial charge is 0.226 e. The van der Waals surface area contributed by atoms with E-state index in [0.29, 0.717) is 107 Å². The van der Waals surface area contributed by atoms with Gasteiger partial charge in [0.25, 0.3) is 0 Å². The molecule has 0 atom stereocenters. The van der Waals surface area contributed by atoms with Gasteiger partial charge >= 0.3 is 0 Å². The van der Waals surface area contributed by atoms with Crippen LogP contribution in [-0.4, -0.2) is 153 Å². The molecule has 0 aliphatic rings. The van der Waals surface area contributed by atoms with Gasteiger partial charge in [-0.1, -0.05) is 123 Å². The number of anilines is 5. The Morgan fingerprint density at radius 2 is 0.700 bits per heavy atom. The van der Waals surface area contributed by atoms with Gasteiger partial charge in [0, 0.05) is 105 Å². The minimum atomic E-state index is -0.395. The van der Waals surface area contributed by atoms with E-state index in [1.165, 1.54) is 47.2 Å². The molecule has 15 aromatic heterocycles. The molecule has 0 bridgehead atoms. The minimum absolute atomic E-state index is 0.00567. The van der Waals surface area contributed by atoms with Crippen LogP contribution in [-0.2, 0) is 88.2 Å². The van der Waals surface area contributed by atoms with E-state index in [9.17, 15) is 45.9 Å². The van der Waals surface area contributed by atoms with E-state index in [2.05, 4.69) is 102 Å². The third-order valence-corrected chi connectivity index (χ3v) is 22.0. The van der Waals surface area contributed by atoms with Crippen LogP contribution in [0.2, 0.25) is 0 Å². The van der Waals surface area contributed by atoms with Crippen molar-refractivity contribution in [2.45, 2.75) is 98.8 Å². The summed E-state index contributed by atoms with van der Waals surface area (Å²) in [7, 11) is 0. The largest absolute Gasteiger partial charge is 0.380 e. The molecule has 0 unspecified atom stereocenters. The molecular weight excluding hydrogens is 1800 g/mol. The number of aromatic nitrogens is 25. The molecule has 0 aliphatic heterocycles. The summed E-state index contributed by atoms with van der Waals surface area (Å²) in [5, 5.41) is 55.5. The van der Waals surface area contributed by atoms with Gasteiger partial charge in [-0.3, -0.25) is 47.1 Å². The summed E-state index contributed by atoms with van der Waals surface area (Å²) < 4.78 is 77.4. The van der Waals surface area contributed by atoms with Gasteiger partial charge in [0.05, 0.1) is 65.7 Å². The number of nitrogens with zero attached hydrogens (tertiary/aromatic N) is 25. The molecule has 0 fully saturated rings. The van der Waals surface area contributed by atoms with Gasteiger partial charge in [-0.2, -0.15) is 5.10 Å². The maximum Gasteiger partial charge on any atom is 0.226 e. The fraction of sp³-hybridized carbons (Fsp3) is 0.150. The lowest BCUT2D eigenvalue weighted by atomic mass is 10.0. The molecule has 140 heavy (non-hydrogen) atoms. The Hall–Kier alpha value is -18.4. The Kier molecular flexibility index (Phi) is 28.7. The number of carbonyl (C=O) groups excluding carboxylic acids is 5. The van der Waals surface area contributed by atoms with E-state index in [0.717, 1.165) is 61.6 Å². The number of benzene rings is 5. The molecule has 15 heterocycles. The van der Waals surface area contributed by atoms with Gasteiger partial charge in [0.1, 0.15) is 80.6 Å². The van der Waals surface area contributed by atoms with Crippen molar-refractivity contribution in [3.63, 3.8) is 0 Å². The highest BCUT2D eigenvalue weighted by Crippen LogP contribution is 2.30. The third-order valence-electron chi connectivity index (χ3n) is 22.0. The van der Waals surface area contributed by atoms with E-state index in [1.54, 1.807) is 146 Å². The molecule has 35 nitrogen and oxygen atoms in total. The summed E-state index contributed by atoms with van der Waals surface area (Å²) in [5.41, 5.74) is 47.2. The van der Waals surface area contributed by atoms with Gasteiger partial charge in [0.2, 0.25) is 17.8 Å². The normalized spacial score (nSPS) is 11.1. The minimum Gasteiger partial charge on any atom is -0.380 e. The zero-order valence-corrected chi connectivity index (χ0v) is 75.7. The van der Waals surface area contributed by atoms with Gasteiger partial charge in [-0.15, -0.1) is 56.1 Å². The summed E-state index contributed by atoms with van der Waals surface area (Å²) in [4.78, 5) is 87.5. The summed E-state index contributed by atoms with van der Waals surface area (Å²) in [6.07, 6.45) is 13.5. The van der Waals surface area contributed by atoms with Gasteiger partial charge in [-0.05, 0) is 177 Å². The topological polar surface area (TPSA) is 495 Å². The van der Waals surface area contributed by atoms with E-state index in [-0.39, 0.29) is 140 Å². The average molecular weight is 1880 g/mol. The van der Waals surface area contributed by atoms with E-state index >= 15 is 0 Å². The zero-order valence-electron chi connectivity index (χ0n) is 75.7. The fourth-order valence-corrected chi connectivity index (χ4v) is 15.4. The fourth-order valence-electron chi connectivity index (χ4n) is 15.4. The number of hydrogen-bond acceptors (Lipinski definition) is 30. The van der Waals surface area contributed by atoms with E-state index in [4.69, 9.17) is 28.7 Å². The number of carbonyl (C=O) groups is 5. The Morgan fingerprint density at radius 1 is 0.293 bits per heavy atom. The van der Waals surface area contributed by atoms with Crippen LogP contribution in [0.1, 0.15) is 84.2 Å². The Morgan fingerprint density at radius 3 is 1.13 bits per heavy atom. The molecule has 0 aliphatic carbocycles. The maximum atomic E-state index is 13.9. The molecule has 20 aromatic rings. The number of fused-ring (bicyclic) bond motifs is 5. The SMILES string of the molecule is Cc1ccc(F)c(CC(=O)Cc2ccc(-c3cccc4nnc(N)n34)cn2)c1.Cc1ccc(F)c(CC(=O)Cc2ccc(-c3cccc4nnc(N)n34)nc2)c1.Cc1ccc(F)c(CC(=O)Cc2cnc(-c3cccn4nnc(N)c34)nn2)c1.Cc1ccc(F)c(CC(=O)Cc2ncc(-c3cccc4nnc(N)n34)cn2)c1.Cc1ccc(F)c(CC(=O)Cc2ncc(-c3cccn4nnc(N)c34)nn2)c1. The molecule has 700 valence electrons. The molecule has 0 saturated heterocycles. The quantitative estimate of drug-likeness (QED) is 0.0332.